The number of phenolic OH excluding ortho intramolecular Hbond substituents is 1. The quantitative estimate of drug-likeness (QED) is 0.916. The van der Waals surface area contributed by atoms with Crippen molar-refractivity contribution in [2.75, 3.05) is 0 Å². The Balaban J connectivity index is 2.02. The van der Waals surface area contributed by atoms with Crippen molar-refractivity contribution in [1.29, 1.82) is 0 Å². The van der Waals surface area contributed by atoms with Crippen LogP contribution in [0.3, 0.4) is 0 Å². The molecule has 18 heavy (non-hydrogen) atoms. The molecule has 2 N–H and O–H groups in total. The molecule has 0 saturated carbocycles. The lowest BCUT2D eigenvalue weighted by Gasteiger charge is -2.06. The average molecular weight is 307 g/mol. The molecule has 1 aromatic heterocycles. The molecule has 0 aliphatic heterocycles. The Morgan fingerprint density at radius 3 is 2.89 bits per heavy atom. The maximum atomic E-state index is 11.8. The zero-order valence-corrected chi connectivity index (χ0v) is 11.0. The number of pyridine rings is 1. The fraction of sp³-hybridized carbons (Fsp3) is 0.0769. The number of nitrogens with zero attached hydrogens (tertiary/aromatic N) is 1. The second-order valence-corrected chi connectivity index (χ2v) is 4.56. The van der Waals surface area contributed by atoms with Gasteiger partial charge < -0.3 is 10.4 Å². The predicted molar refractivity (Wildman–Crippen MR) is 71.2 cm³/mol. The van der Waals surface area contributed by atoms with Gasteiger partial charge in [0.2, 0.25) is 0 Å². The number of hydrogen-bond acceptors (Lipinski definition) is 3. The van der Waals surface area contributed by atoms with Crippen molar-refractivity contribution in [2.24, 2.45) is 0 Å². The highest BCUT2D eigenvalue weighted by Gasteiger charge is 2.07. The van der Waals surface area contributed by atoms with Crippen LogP contribution in [-0.2, 0) is 6.54 Å². The van der Waals surface area contributed by atoms with Crippen LogP contribution in [0.5, 0.6) is 5.75 Å². The Morgan fingerprint density at radius 2 is 2.22 bits per heavy atom. The molecule has 5 heteroatoms. The molecule has 0 aliphatic carbocycles. The number of benzene rings is 1. The van der Waals surface area contributed by atoms with E-state index in [-0.39, 0.29) is 11.7 Å². The number of carbonyl (C=O) groups is 1. The highest BCUT2D eigenvalue weighted by Crippen LogP contribution is 2.24. The van der Waals surface area contributed by atoms with Crippen molar-refractivity contribution in [3.8, 4) is 5.75 Å². The molecule has 2 aromatic rings. The van der Waals surface area contributed by atoms with Gasteiger partial charge in [0.15, 0.2) is 0 Å². The van der Waals surface area contributed by atoms with Gasteiger partial charge >= 0.3 is 0 Å². The predicted octanol–water partition coefficient (Wildman–Crippen LogP) is 2.48. The Labute approximate surface area is 113 Å². The van der Waals surface area contributed by atoms with E-state index in [1.165, 1.54) is 6.07 Å². The Kier molecular flexibility index (Phi) is 3.94. The van der Waals surface area contributed by atoms with Crippen LogP contribution in [0.4, 0.5) is 0 Å². The van der Waals surface area contributed by atoms with Crippen molar-refractivity contribution in [3.63, 3.8) is 0 Å². The molecule has 0 bridgehead atoms. The lowest BCUT2D eigenvalue weighted by atomic mass is 10.2. The zero-order chi connectivity index (χ0) is 13.0. The highest BCUT2D eigenvalue weighted by molar-refractivity contribution is 9.10. The molecular weight excluding hydrogens is 296 g/mol. The summed E-state index contributed by atoms with van der Waals surface area (Å²) in [5.74, 6) is -0.189. The van der Waals surface area contributed by atoms with Gasteiger partial charge in [-0.15, -0.1) is 0 Å². The number of amides is 1. The van der Waals surface area contributed by atoms with E-state index in [9.17, 15) is 9.90 Å². The van der Waals surface area contributed by atoms with Crippen molar-refractivity contribution in [3.05, 3.63) is 58.3 Å². The fourth-order valence-corrected chi connectivity index (χ4v) is 1.69. The topological polar surface area (TPSA) is 62.2 Å². The van der Waals surface area contributed by atoms with Crippen LogP contribution in [-0.4, -0.2) is 16.0 Å². The maximum Gasteiger partial charge on any atom is 0.251 e. The minimum Gasteiger partial charge on any atom is -0.507 e. The normalized spacial score (nSPS) is 10.1. The summed E-state index contributed by atoms with van der Waals surface area (Å²) in [6.07, 6.45) is 3.37. The third kappa shape index (κ3) is 3.07. The number of aromatic nitrogens is 1. The smallest absolute Gasteiger partial charge is 0.251 e. The number of hydrogen-bond donors (Lipinski definition) is 2. The molecule has 92 valence electrons. The van der Waals surface area contributed by atoms with E-state index >= 15 is 0 Å². The van der Waals surface area contributed by atoms with E-state index in [1.54, 1.807) is 24.5 Å². The summed E-state index contributed by atoms with van der Waals surface area (Å²) in [5.41, 5.74) is 1.34. The third-order valence-corrected chi connectivity index (χ3v) is 3.05. The first-order valence-corrected chi connectivity index (χ1v) is 6.12. The van der Waals surface area contributed by atoms with E-state index in [0.717, 1.165) is 5.56 Å². The van der Waals surface area contributed by atoms with E-state index in [2.05, 4.69) is 26.2 Å². The lowest BCUT2D eigenvalue weighted by molar-refractivity contribution is 0.0950. The summed E-state index contributed by atoms with van der Waals surface area (Å²) < 4.78 is 0.561. The SMILES string of the molecule is O=C(NCc1cccnc1)c1ccc(Br)c(O)c1. The van der Waals surface area contributed by atoms with Gasteiger partial charge in [0.05, 0.1) is 4.47 Å². The average Bonchev–Trinajstić information content (AvgIpc) is 2.40. The van der Waals surface area contributed by atoms with Crippen LogP contribution >= 0.6 is 15.9 Å². The summed E-state index contributed by atoms with van der Waals surface area (Å²) >= 11 is 3.16. The third-order valence-electron chi connectivity index (χ3n) is 2.38. The van der Waals surface area contributed by atoms with Crippen molar-refractivity contribution in [1.82, 2.24) is 10.3 Å². The first-order valence-electron chi connectivity index (χ1n) is 5.32. The summed E-state index contributed by atoms with van der Waals surface area (Å²) in [7, 11) is 0. The van der Waals surface area contributed by atoms with Crippen LogP contribution in [0, 0.1) is 0 Å². The molecule has 1 amide bonds. The van der Waals surface area contributed by atoms with Gasteiger partial charge in [-0.25, -0.2) is 0 Å². The first kappa shape index (κ1) is 12.6. The maximum absolute atomic E-state index is 11.8. The van der Waals surface area contributed by atoms with Crippen LogP contribution in [0.15, 0.2) is 47.2 Å². The van der Waals surface area contributed by atoms with Crippen molar-refractivity contribution < 1.29 is 9.90 Å². The molecule has 0 fully saturated rings. The summed E-state index contributed by atoms with van der Waals surface area (Å²) in [4.78, 5) is 15.8. The lowest BCUT2D eigenvalue weighted by Crippen LogP contribution is -2.22. The van der Waals surface area contributed by atoms with Crippen LogP contribution in [0.2, 0.25) is 0 Å². The minimum atomic E-state index is -0.235. The Morgan fingerprint density at radius 1 is 1.39 bits per heavy atom. The number of carbonyl (C=O) groups excluding carboxylic acids is 1. The molecule has 0 radical (unpaired) electrons. The second-order valence-electron chi connectivity index (χ2n) is 3.71. The Hall–Kier alpha value is -1.88. The molecule has 1 heterocycles. The number of rotatable bonds is 3. The van der Waals surface area contributed by atoms with E-state index in [1.807, 2.05) is 12.1 Å². The Bertz CT molecular complexity index is 558. The molecule has 2 rings (SSSR count). The molecule has 0 unspecified atom stereocenters. The fourth-order valence-electron chi connectivity index (χ4n) is 1.44. The zero-order valence-electron chi connectivity index (χ0n) is 9.43. The van der Waals surface area contributed by atoms with Crippen LogP contribution in [0.25, 0.3) is 0 Å². The minimum absolute atomic E-state index is 0.0454. The van der Waals surface area contributed by atoms with Gasteiger partial charge in [-0.2, -0.15) is 0 Å². The van der Waals surface area contributed by atoms with E-state index in [4.69, 9.17) is 0 Å². The van der Waals surface area contributed by atoms with Crippen LogP contribution in [0.1, 0.15) is 15.9 Å². The van der Waals surface area contributed by atoms with Gasteiger partial charge in [-0.3, -0.25) is 9.78 Å². The van der Waals surface area contributed by atoms with Gasteiger partial charge in [-0.05, 0) is 45.8 Å². The summed E-state index contributed by atoms with van der Waals surface area (Å²) in [5, 5.41) is 12.3. The van der Waals surface area contributed by atoms with Gasteiger partial charge in [0.1, 0.15) is 5.75 Å². The highest BCUT2D eigenvalue weighted by atomic mass is 79.9. The van der Waals surface area contributed by atoms with Gasteiger partial charge in [0.25, 0.3) is 5.91 Å². The van der Waals surface area contributed by atoms with Crippen LogP contribution < -0.4 is 5.32 Å². The summed E-state index contributed by atoms with van der Waals surface area (Å²) in [6, 6.07) is 8.39. The largest absolute Gasteiger partial charge is 0.507 e. The molecule has 0 saturated heterocycles. The first-order chi connectivity index (χ1) is 8.66. The van der Waals surface area contributed by atoms with Crippen molar-refractivity contribution >= 4 is 21.8 Å². The number of halogens is 1. The standard InChI is InChI=1S/C13H11BrN2O2/c14-11-4-3-10(6-12(11)17)13(18)16-8-9-2-1-5-15-7-9/h1-7,17H,8H2,(H,16,18). The number of nitrogens with one attached hydrogen (secondary N) is 1. The number of aromatic hydroxyl groups is 1. The monoisotopic (exact) mass is 306 g/mol. The molecule has 4 nitrogen and oxygen atoms in total. The summed E-state index contributed by atoms with van der Waals surface area (Å²) in [6.45, 7) is 0.406. The molecule has 1 aromatic carbocycles. The molecule has 0 aliphatic rings. The van der Waals surface area contributed by atoms with E-state index < -0.39 is 0 Å². The molecule has 0 atom stereocenters. The van der Waals surface area contributed by atoms with E-state index in [0.29, 0.717) is 16.6 Å². The van der Waals surface area contributed by atoms with Gasteiger partial charge in [-0.1, -0.05) is 6.07 Å². The second kappa shape index (κ2) is 5.64. The number of phenols is 1. The molecular formula is C13H11BrN2O2. The van der Waals surface area contributed by atoms with Gasteiger partial charge in [0, 0.05) is 24.5 Å². The van der Waals surface area contributed by atoms with Crippen molar-refractivity contribution in [2.45, 2.75) is 6.54 Å². The molecule has 0 spiro atoms.